The Kier molecular flexibility index (Phi) is 5.60. The minimum Gasteiger partial charge on any atom is -0.353 e. The van der Waals surface area contributed by atoms with Crippen LogP contribution in [0.2, 0.25) is 0 Å². The van der Waals surface area contributed by atoms with Crippen molar-refractivity contribution in [2.45, 2.75) is 40.2 Å². The van der Waals surface area contributed by atoms with Gasteiger partial charge in [0.2, 0.25) is 5.91 Å². The SMILES string of the molecule is CC(NC(=O)[C@H]1CCNC1)C(C)(C)C.Cl. The van der Waals surface area contributed by atoms with Crippen LogP contribution in [0.3, 0.4) is 0 Å². The van der Waals surface area contributed by atoms with E-state index in [1.54, 1.807) is 0 Å². The lowest BCUT2D eigenvalue weighted by Gasteiger charge is -2.29. The Hall–Kier alpha value is -0.280. The van der Waals surface area contributed by atoms with Gasteiger partial charge >= 0.3 is 0 Å². The smallest absolute Gasteiger partial charge is 0.224 e. The second kappa shape index (κ2) is 5.71. The van der Waals surface area contributed by atoms with Gasteiger partial charge in [-0.15, -0.1) is 12.4 Å². The van der Waals surface area contributed by atoms with E-state index in [-0.39, 0.29) is 35.7 Å². The van der Waals surface area contributed by atoms with Gasteiger partial charge in [-0.2, -0.15) is 0 Å². The van der Waals surface area contributed by atoms with Crippen molar-refractivity contribution in [2.75, 3.05) is 13.1 Å². The summed E-state index contributed by atoms with van der Waals surface area (Å²) in [6, 6.07) is 0.232. The van der Waals surface area contributed by atoms with Crippen LogP contribution in [0.1, 0.15) is 34.1 Å². The maximum absolute atomic E-state index is 11.8. The highest BCUT2D eigenvalue weighted by atomic mass is 35.5. The number of hydrogen-bond donors (Lipinski definition) is 2. The van der Waals surface area contributed by atoms with Gasteiger partial charge in [0, 0.05) is 12.6 Å². The fraction of sp³-hybridized carbons (Fsp3) is 0.909. The molecule has 2 N–H and O–H groups in total. The molecule has 0 saturated carbocycles. The zero-order valence-corrected chi connectivity index (χ0v) is 10.9. The Morgan fingerprint density at radius 1 is 1.47 bits per heavy atom. The highest BCUT2D eigenvalue weighted by molar-refractivity contribution is 5.85. The number of hydrogen-bond acceptors (Lipinski definition) is 2. The summed E-state index contributed by atoms with van der Waals surface area (Å²) < 4.78 is 0. The van der Waals surface area contributed by atoms with Crippen LogP contribution in [0.25, 0.3) is 0 Å². The van der Waals surface area contributed by atoms with Crippen molar-refractivity contribution >= 4 is 18.3 Å². The van der Waals surface area contributed by atoms with Crippen LogP contribution in [-0.4, -0.2) is 25.0 Å². The normalized spacial score (nSPS) is 23.1. The third-order valence-corrected chi connectivity index (χ3v) is 3.09. The molecule has 0 radical (unpaired) electrons. The fourth-order valence-corrected chi connectivity index (χ4v) is 1.43. The van der Waals surface area contributed by atoms with Gasteiger partial charge in [-0.05, 0) is 25.3 Å². The van der Waals surface area contributed by atoms with Gasteiger partial charge < -0.3 is 10.6 Å². The lowest BCUT2D eigenvalue weighted by molar-refractivity contribution is -0.125. The van der Waals surface area contributed by atoms with Crippen molar-refractivity contribution < 1.29 is 4.79 Å². The second-order valence-electron chi connectivity index (χ2n) is 5.29. The Morgan fingerprint density at radius 2 is 2.07 bits per heavy atom. The summed E-state index contributed by atoms with van der Waals surface area (Å²) in [5, 5.41) is 6.29. The van der Waals surface area contributed by atoms with Crippen molar-refractivity contribution in [3.63, 3.8) is 0 Å². The van der Waals surface area contributed by atoms with Gasteiger partial charge in [0.25, 0.3) is 0 Å². The van der Waals surface area contributed by atoms with E-state index in [1.807, 2.05) is 0 Å². The minimum atomic E-state index is 0. The van der Waals surface area contributed by atoms with Gasteiger partial charge in [-0.3, -0.25) is 4.79 Å². The third-order valence-electron chi connectivity index (χ3n) is 3.09. The Morgan fingerprint density at radius 3 is 2.47 bits per heavy atom. The van der Waals surface area contributed by atoms with Crippen molar-refractivity contribution in [1.29, 1.82) is 0 Å². The van der Waals surface area contributed by atoms with E-state index in [4.69, 9.17) is 0 Å². The van der Waals surface area contributed by atoms with E-state index in [9.17, 15) is 4.79 Å². The molecule has 0 aromatic carbocycles. The van der Waals surface area contributed by atoms with Crippen LogP contribution in [0.4, 0.5) is 0 Å². The number of halogens is 1. The van der Waals surface area contributed by atoms with Crippen LogP contribution in [0, 0.1) is 11.3 Å². The maximum Gasteiger partial charge on any atom is 0.224 e. The summed E-state index contributed by atoms with van der Waals surface area (Å²) in [7, 11) is 0. The summed E-state index contributed by atoms with van der Waals surface area (Å²) in [6.45, 7) is 10.3. The topological polar surface area (TPSA) is 41.1 Å². The Balaban J connectivity index is 0.00000196. The van der Waals surface area contributed by atoms with Crippen molar-refractivity contribution in [2.24, 2.45) is 11.3 Å². The predicted octanol–water partition coefficient (Wildman–Crippen LogP) is 1.57. The largest absolute Gasteiger partial charge is 0.353 e. The molecule has 1 saturated heterocycles. The molecule has 1 fully saturated rings. The maximum atomic E-state index is 11.8. The van der Waals surface area contributed by atoms with E-state index in [0.29, 0.717) is 0 Å². The molecule has 3 nitrogen and oxygen atoms in total. The first kappa shape index (κ1) is 14.7. The van der Waals surface area contributed by atoms with Gasteiger partial charge in [-0.25, -0.2) is 0 Å². The van der Waals surface area contributed by atoms with E-state index in [2.05, 4.69) is 38.3 Å². The molecule has 0 bridgehead atoms. The van der Waals surface area contributed by atoms with Crippen LogP contribution in [0.5, 0.6) is 0 Å². The monoisotopic (exact) mass is 234 g/mol. The van der Waals surface area contributed by atoms with Gasteiger partial charge in [-0.1, -0.05) is 20.8 Å². The van der Waals surface area contributed by atoms with Crippen LogP contribution in [-0.2, 0) is 4.79 Å². The molecule has 0 aromatic rings. The van der Waals surface area contributed by atoms with Crippen LogP contribution < -0.4 is 10.6 Å². The molecule has 15 heavy (non-hydrogen) atoms. The molecule has 1 unspecified atom stereocenters. The molecule has 0 spiro atoms. The van der Waals surface area contributed by atoms with Crippen molar-refractivity contribution in [3.8, 4) is 0 Å². The molecule has 1 aliphatic rings. The number of rotatable bonds is 2. The molecule has 2 atom stereocenters. The standard InChI is InChI=1S/C11H22N2O.ClH/c1-8(11(2,3)4)13-10(14)9-5-6-12-7-9;/h8-9,12H,5-7H2,1-4H3,(H,13,14);1H/t8?,9-;/m0./s1. The predicted molar refractivity (Wildman–Crippen MR) is 65.3 cm³/mol. The van der Waals surface area contributed by atoms with Crippen molar-refractivity contribution in [3.05, 3.63) is 0 Å². The molecule has 90 valence electrons. The van der Waals surface area contributed by atoms with Crippen LogP contribution >= 0.6 is 12.4 Å². The molecule has 4 heteroatoms. The summed E-state index contributed by atoms with van der Waals surface area (Å²) >= 11 is 0. The number of carbonyl (C=O) groups excluding carboxylic acids is 1. The molecule has 1 aliphatic heterocycles. The van der Waals surface area contributed by atoms with E-state index in [0.717, 1.165) is 19.5 Å². The van der Waals surface area contributed by atoms with Crippen molar-refractivity contribution in [1.82, 2.24) is 10.6 Å². The minimum absolute atomic E-state index is 0. The molecule has 1 rings (SSSR count). The second-order valence-corrected chi connectivity index (χ2v) is 5.29. The Bertz CT molecular complexity index is 207. The molecule has 0 aliphatic carbocycles. The van der Waals surface area contributed by atoms with Crippen LogP contribution in [0.15, 0.2) is 0 Å². The molecular weight excluding hydrogens is 212 g/mol. The zero-order chi connectivity index (χ0) is 10.8. The van der Waals surface area contributed by atoms with Gasteiger partial charge in [0.05, 0.1) is 5.92 Å². The number of nitrogens with one attached hydrogen (secondary N) is 2. The fourth-order valence-electron chi connectivity index (χ4n) is 1.43. The summed E-state index contributed by atoms with van der Waals surface area (Å²) in [5.74, 6) is 0.386. The third kappa shape index (κ3) is 4.39. The summed E-state index contributed by atoms with van der Waals surface area (Å²) in [6.07, 6.45) is 0.975. The van der Waals surface area contributed by atoms with E-state index >= 15 is 0 Å². The molecule has 0 aromatic heterocycles. The highest BCUT2D eigenvalue weighted by Gasteiger charge is 2.27. The summed E-state index contributed by atoms with van der Waals surface area (Å²) in [4.78, 5) is 11.8. The Labute approximate surface area is 98.8 Å². The molecule has 1 amide bonds. The first-order valence-electron chi connectivity index (χ1n) is 5.42. The summed E-state index contributed by atoms with van der Waals surface area (Å²) in [5.41, 5.74) is 0.141. The van der Waals surface area contributed by atoms with Gasteiger partial charge in [0.1, 0.15) is 0 Å². The van der Waals surface area contributed by atoms with Gasteiger partial charge in [0.15, 0.2) is 0 Å². The van der Waals surface area contributed by atoms with E-state index < -0.39 is 0 Å². The average Bonchev–Trinajstić information content (AvgIpc) is 2.53. The average molecular weight is 235 g/mol. The number of amides is 1. The lowest BCUT2D eigenvalue weighted by atomic mass is 9.87. The first-order chi connectivity index (χ1) is 6.41. The quantitative estimate of drug-likeness (QED) is 0.762. The highest BCUT2D eigenvalue weighted by Crippen LogP contribution is 2.19. The first-order valence-corrected chi connectivity index (χ1v) is 5.42. The molecular formula is C11H23ClN2O. The van der Waals surface area contributed by atoms with E-state index in [1.165, 1.54) is 0 Å². The lowest BCUT2D eigenvalue weighted by Crippen LogP contribution is -2.44. The molecule has 1 heterocycles. The number of carbonyl (C=O) groups is 1. The zero-order valence-electron chi connectivity index (χ0n) is 10.1.